The molecule has 0 aliphatic carbocycles. The van der Waals surface area contributed by atoms with E-state index in [0.29, 0.717) is 19.3 Å². The lowest BCUT2D eigenvalue weighted by atomic mass is 10.0. The Hall–Kier alpha value is -2.37. The molecule has 0 aromatic carbocycles. The number of rotatable bonds is 58. The highest BCUT2D eigenvalue weighted by atomic mass is 16.6. The quantitative estimate of drug-likeness (QED) is 0.0261. The van der Waals surface area contributed by atoms with Crippen LogP contribution < -0.4 is 0 Å². The smallest absolute Gasteiger partial charge is 0.306 e. The molecule has 0 aliphatic heterocycles. The molecule has 0 saturated carbocycles. The van der Waals surface area contributed by atoms with Gasteiger partial charge in [0.25, 0.3) is 0 Å². The van der Waals surface area contributed by atoms with Crippen LogP contribution in [-0.4, -0.2) is 37.2 Å². The average molecular weight is 998 g/mol. The molecule has 1 unspecified atom stereocenters. The molecular formula is C65H120O6. The van der Waals surface area contributed by atoms with Gasteiger partial charge in [0.2, 0.25) is 0 Å². The lowest BCUT2D eigenvalue weighted by molar-refractivity contribution is -0.167. The second-order valence-corrected chi connectivity index (χ2v) is 21.3. The topological polar surface area (TPSA) is 78.9 Å². The maximum Gasteiger partial charge on any atom is 0.306 e. The molecule has 0 heterocycles. The molecule has 0 aliphatic rings. The summed E-state index contributed by atoms with van der Waals surface area (Å²) in [5.41, 5.74) is 0. The van der Waals surface area contributed by atoms with Crippen LogP contribution in [0.5, 0.6) is 0 Å². The molecule has 0 fully saturated rings. The van der Waals surface area contributed by atoms with Crippen molar-refractivity contribution >= 4 is 17.9 Å². The molecule has 416 valence electrons. The van der Waals surface area contributed by atoms with Gasteiger partial charge in [-0.2, -0.15) is 0 Å². The largest absolute Gasteiger partial charge is 0.462 e. The fourth-order valence-electron chi connectivity index (χ4n) is 9.35. The molecule has 0 aromatic heterocycles. The van der Waals surface area contributed by atoms with Crippen LogP contribution in [0.1, 0.15) is 342 Å². The molecule has 6 heteroatoms. The van der Waals surface area contributed by atoms with E-state index in [2.05, 4.69) is 57.2 Å². The number of carbonyl (C=O) groups excluding carboxylic acids is 3. The van der Waals surface area contributed by atoms with E-state index in [4.69, 9.17) is 14.2 Å². The highest BCUT2D eigenvalue weighted by molar-refractivity contribution is 5.71. The highest BCUT2D eigenvalue weighted by Gasteiger charge is 2.19. The van der Waals surface area contributed by atoms with E-state index in [-0.39, 0.29) is 31.1 Å². The monoisotopic (exact) mass is 997 g/mol. The summed E-state index contributed by atoms with van der Waals surface area (Å²) in [5, 5.41) is 0. The summed E-state index contributed by atoms with van der Waals surface area (Å²) in [4.78, 5) is 38.3. The molecule has 0 rings (SSSR count). The zero-order chi connectivity index (χ0) is 51.4. The SMILES string of the molecule is CCCCC/C=C\C/C=C\CCCCCCCCCCCC(=O)OCC(COC(=O)CCCCCCCCCCCCCCCCCC)OC(=O)CCCCCCCCC/C=C\CCCCCCCCC. The van der Waals surface area contributed by atoms with Gasteiger partial charge in [-0.25, -0.2) is 0 Å². The first-order chi connectivity index (χ1) is 35.0. The van der Waals surface area contributed by atoms with Crippen molar-refractivity contribution in [1.82, 2.24) is 0 Å². The molecule has 1 atom stereocenters. The minimum absolute atomic E-state index is 0.0709. The Kier molecular flexibility index (Phi) is 58.2. The molecule has 0 saturated heterocycles. The van der Waals surface area contributed by atoms with Crippen LogP contribution in [0, 0.1) is 0 Å². The Morgan fingerprint density at radius 2 is 0.507 bits per heavy atom. The van der Waals surface area contributed by atoms with Gasteiger partial charge < -0.3 is 14.2 Å². The molecule has 0 aromatic rings. The van der Waals surface area contributed by atoms with Gasteiger partial charge >= 0.3 is 17.9 Å². The second-order valence-electron chi connectivity index (χ2n) is 21.3. The summed E-state index contributed by atoms with van der Waals surface area (Å²) in [6.07, 6.45) is 72.8. The minimum Gasteiger partial charge on any atom is -0.462 e. The van der Waals surface area contributed by atoms with E-state index >= 15 is 0 Å². The highest BCUT2D eigenvalue weighted by Crippen LogP contribution is 2.17. The van der Waals surface area contributed by atoms with Gasteiger partial charge in [0.05, 0.1) is 0 Å². The predicted molar refractivity (Wildman–Crippen MR) is 307 cm³/mol. The molecule has 0 amide bonds. The molecule has 0 N–H and O–H groups in total. The second kappa shape index (κ2) is 60.2. The molecule has 6 nitrogen and oxygen atoms in total. The Labute approximate surface area is 442 Å². The number of allylic oxidation sites excluding steroid dienone is 6. The number of ether oxygens (including phenoxy) is 3. The Morgan fingerprint density at radius 3 is 0.817 bits per heavy atom. The van der Waals surface area contributed by atoms with Crippen LogP contribution >= 0.6 is 0 Å². The zero-order valence-electron chi connectivity index (χ0n) is 47.8. The van der Waals surface area contributed by atoms with E-state index in [9.17, 15) is 14.4 Å². The van der Waals surface area contributed by atoms with Crippen molar-refractivity contribution in [2.45, 2.75) is 348 Å². The van der Waals surface area contributed by atoms with Crippen LogP contribution in [-0.2, 0) is 28.6 Å². The molecular weight excluding hydrogens is 877 g/mol. The van der Waals surface area contributed by atoms with Crippen molar-refractivity contribution < 1.29 is 28.6 Å². The third kappa shape index (κ3) is 58.4. The molecule has 0 spiro atoms. The molecule has 71 heavy (non-hydrogen) atoms. The van der Waals surface area contributed by atoms with Gasteiger partial charge in [0, 0.05) is 19.3 Å². The number of hydrogen-bond donors (Lipinski definition) is 0. The Bertz CT molecular complexity index is 1190. The van der Waals surface area contributed by atoms with Crippen molar-refractivity contribution in [3.63, 3.8) is 0 Å². The summed E-state index contributed by atoms with van der Waals surface area (Å²) in [7, 11) is 0. The fourth-order valence-corrected chi connectivity index (χ4v) is 9.35. The number of hydrogen-bond acceptors (Lipinski definition) is 6. The lowest BCUT2D eigenvalue weighted by Crippen LogP contribution is -2.30. The standard InChI is InChI=1S/C65H120O6/c1-4-7-10-13-16-19-22-25-28-31-33-35-37-40-43-46-49-52-55-58-64(67)70-61-62(60-69-63(66)57-54-51-48-45-42-39-36-30-27-24-21-18-15-12-9-6-3)71-65(68)59-56-53-50-47-44-41-38-34-32-29-26-23-20-17-14-11-8-5-2/h16,19,25,28-29,32,62H,4-15,17-18,20-24,26-27,30-31,33-61H2,1-3H3/b19-16-,28-25-,32-29-. The van der Waals surface area contributed by atoms with Gasteiger partial charge in [0.1, 0.15) is 13.2 Å². The summed E-state index contributed by atoms with van der Waals surface area (Å²) in [6.45, 7) is 6.66. The first-order valence-corrected chi connectivity index (χ1v) is 31.5. The van der Waals surface area contributed by atoms with Crippen molar-refractivity contribution in [2.24, 2.45) is 0 Å². The van der Waals surface area contributed by atoms with Gasteiger partial charge in [-0.15, -0.1) is 0 Å². The molecule has 0 bridgehead atoms. The van der Waals surface area contributed by atoms with E-state index in [1.807, 2.05) is 0 Å². The maximum atomic E-state index is 12.9. The first kappa shape index (κ1) is 68.6. The fraction of sp³-hybridized carbons (Fsp3) is 0.862. The van der Waals surface area contributed by atoms with Gasteiger partial charge in [0.15, 0.2) is 6.10 Å². The lowest BCUT2D eigenvalue weighted by Gasteiger charge is -2.18. The summed E-state index contributed by atoms with van der Waals surface area (Å²) in [5.74, 6) is -0.857. The number of esters is 3. The van der Waals surface area contributed by atoms with Crippen molar-refractivity contribution in [3.05, 3.63) is 36.5 Å². The van der Waals surface area contributed by atoms with Crippen LogP contribution in [0.25, 0.3) is 0 Å². The van der Waals surface area contributed by atoms with E-state index in [1.165, 1.54) is 238 Å². The predicted octanol–water partition coefficient (Wildman–Crippen LogP) is 21.2. The van der Waals surface area contributed by atoms with Crippen molar-refractivity contribution in [1.29, 1.82) is 0 Å². The third-order valence-electron chi connectivity index (χ3n) is 14.1. The zero-order valence-corrected chi connectivity index (χ0v) is 47.8. The minimum atomic E-state index is -0.774. The van der Waals surface area contributed by atoms with Gasteiger partial charge in [-0.1, -0.05) is 282 Å². The molecule has 0 radical (unpaired) electrons. The van der Waals surface area contributed by atoms with Crippen LogP contribution in [0.4, 0.5) is 0 Å². The summed E-state index contributed by atoms with van der Waals surface area (Å²) >= 11 is 0. The summed E-state index contributed by atoms with van der Waals surface area (Å²) in [6, 6.07) is 0. The Balaban J connectivity index is 4.34. The number of carbonyl (C=O) groups is 3. The number of unbranched alkanes of at least 4 members (excludes halogenated alkanes) is 41. The van der Waals surface area contributed by atoms with Gasteiger partial charge in [-0.3, -0.25) is 14.4 Å². The van der Waals surface area contributed by atoms with Crippen molar-refractivity contribution in [2.75, 3.05) is 13.2 Å². The Morgan fingerprint density at radius 1 is 0.282 bits per heavy atom. The van der Waals surface area contributed by atoms with Crippen molar-refractivity contribution in [3.8, 4) is 0 Å². The first-order valence-electron chi connectivity index (χ1n) is 31.5. The van der Waals surface area contributed by atoms with Gasteiger partial charge in [-0.05, 0) is 77.0 Å². The van der Waals surface area contributed by atoms with Crippen LogP contribution in [0.15, 0.2) is 36.5 Å². The van der Waals surface area contributed by atoms with E-state index < -0.39 is 6.10 Å². The van der Waals surface area contributed by atoms with Crippen LogP contribution in [0.3, 0.4) is 0 Å². The maximum absolute atomic E-state index is 12.9. The van der Waals surface area contributed by atoms with Crippen LogP contribution in [0.2, 0.25) is 0 Å². The third-order valence-corrected chi connectivity index (χ3v) is 14.1. The normalized spacial score (nSPS) is 12.2. The van der Waals surface area contributed by atoms with E-state index in [0.717, 1.165) is 64.2 Å². The summed E-state index contributed by atoms with van der Waals surface area (Å²) < 4.78 is 16.9. The van der Waals surface area contributed by atoms with E-state index in [1.54, 1.807) is 0 Å². The average Bonchev–Trinajstić information content (AvgIpc) is 3.37.